The minimum absolute atomic E-state index is 0.241. The highest BCUT2D eigenvalue weighted by Gasteiger charge is 2.36. The Morgan fingerprint density at radius 3 is 2.51 bits per heavy atom. The minimum atomic E-state index is -0.365. The van der Waals surface area contributed by atoms with E-state index in [2.05, 4.69) is 34.2 Å². The molecule has 1 N–H and O–H groups in total. The van der Waals surface area contributed by atoms with Gasteiger partial charge in [0.05, 0.1) is 24.7 Å². The molecule has 0 unspecified atom stereocenters. The molecule has 0 atom stereocenters. The molecule has 6 nitrogen and oxygen atoms in total. The van der Waals surface area contributed by atoms with E-state index >= 15 is 0 Å². The number of aliphatic hydroxyl groups excluding tert-OH is 1. The monoisotopic (exact) mass is 472 g/mol. The maximum absolute atomic E-state index is 10.2. The average molecular weight is 473 g/mol. The molecule has 0 spiro atoms. The van der Waals surface area contributed by atoms with Gasteiger partial charge in [0, 0.05) is 18.1 Å². The summed E-state index contributed by atoms with van der Waals surface area (Å²) in [5.74, 6) is 9.59. The van der Waals surface area contributed by atoms with E-state index < -0.39 is 0 Å². The Morgan fingerprint density at radius 1 is 1.00 bits per heavy atom. The number of hydrogen-bond acceptors (Lipinski definition) is 6. The molecule has 0 saturated heterocycles. The Hall–Kier alpha value is -3.30. The molecule has 2 aromatic carbocycles. The van der Waals surface area contributed by atoms with Gasteiger partial charge in [-0.15, -0.1) is 10.2 Å². The first-order valence-electron chi connectivity index (χ1n) is 12.5. The maximum Gasteiger partial charge on any atom is 0.247 e. The zero-order valence-corrected chi connectivity index (χ0v) is 20.4. The molecule has 0 radical (unpaired) electrons. The van der Waals surface area contributed by atoms with Crippen LogP contribution in [0.4, 0.5) is 0 Å². The Balaban J connectivity index is 1.49. The molecule has 35 heavy (non-hydrogen) atoms. The number of methoxy groups -OCH3 is 1. The van der Waals surface area contributed by atoms with Crippen molar-refractivity contribution in [3.05, 3.63) is 59.5 Å². The van der Waals surface area contributed by atoms with E-state index in [0.717, 1.165) is 66.7 Å². The Kier molecular flexibility index (Phi) is 6.79. The molecule has 0 amide bonds. The van der Waals surface area contributed by atoms with Crippen LogP contribution in [0.1, 0.15) is 68.4 Å². The molecule has 0 bridgehead atoms. The van der Waals surface area contributed by atoms with E-state index in [9.17, 15) is 5.11 Å². The predicted octanol–water partition coefficient (Wildman–Crippen LogP) is 5.60. The molecule has 3 aromatic rings. The van der Waals surface area contributed by atoms with Crippen LogP contribution in [0.25, 0.3) is 11.5 Å². The van der Waals surface area contributed by atoms with Crippen molar-refractivity contribution in [1.29, 1.82) is 0 Å². The van der Waals surface area contributed by atoms with Crippen molar-refractivity contribution in [3.8, 4) is 34.8 Å². The Bertz CT molecular complexity index is 1220. The number of aromatic nitrogens is 2. The van der Waals surface area contributed by atoms with Crippen LogP contribution >= 0.6 is 0 Å². The van der Waals surface area contributed by atoms with Crippen molar-refractivity contribution in [2.45, 2.75) is 75.9 Å². The molecule has 182 valence electrons. The lowest BCUT2D eigenvalue weighted by molar-refractivity contribution is 0.110. The van der Waals surface area contributed by atoms with Gasteiger partial charge in [-0.3, -0.25) is 0 Å². The second-order valence-corrected chi connectivity index (χ2v) is 9.66. The van der Waals surface area contributed by atoms with Crippen LogP contribution in [0.3, 0.4) is 0 Å². The van der Waals surface area contributed by atoms with Gasteiger partial charge in [0.2, 0.25) is 11.8 Å². The van der Waals surface area contributed by atoms with Gasteiger partial charge in [-0.1, -0.05) is 24.0 Å². The summed E-state index contributed by atoms with van der Waals surface area (Å²) in [7, 11) is 1.68. The second-order valence-electron chi connectivity index (χ2n) is 9.66. The predicted molar refractivity (Wildman–Crippen MR) is 133 cm³/mol. The molecule has 1 heterocycles. The standard InChI is InChI=1S/C29H32N2O4/c1-20-30-31-28(34-20)22-7-5-6-21(18-22)12-15-29(16-13-24(32)14-17-29)23-10-11-26(33-2)27(19-23)35-25-8-3-4-9-25/h5-7,10-11,18-19,24-25,32H,3-4,8-9,13-14,16-17H2,1-2H3/t24-,29-. The first-order chi connectivity index (χ1) is 17.0. The topological polar surface area (TPSA) is 77.6 Å². The third-order valence-electron chi connectivity index (χ3n) is 7.20. The Labute approximate surface area is 206 Å². The van der Waals surface area contributed by atoms with Gasteiger partial charge in [0.15, 0.2) is 11.5 Å². The van der Waals surface area contributed by atoms with Gasteiger partial charge >= 0.3 is 0 Å². The van der Waals surface area contributed by atoms with E-state index in [0.29, 0.717) is 11.8 Å². The van der Waals surface area contributed by atoms with Crippen molar-refractivity contribution >= 4 is 0 Å². The van der Waals surface area contributed by atoms with E-state index in [4.69, 9.17) is 13.9 Å². The summed E-state index contributed by atoms with van der Waals surface area (Å²) in [4.78, 5) is 0. The minimum Gasteiger partial charge on any atom is -0.493 e. The fourth-order valence-electron chi connectivity index (χ4n) is 5.17. The number of nitrogens with zero attached hydrogens (tertiary/aromatic N) is 2. The average Bonchev–Trinajstić information content (AvgIpc) is 3.56. The number of aliphatic hydroxyl groups is 1. The first-order valence-corrected chi connectivity index (χ1v) is 12.5. The highest BCUT2D eigenvalue weighted by Crippen LogP contribution is 2.43. The van der Waals surface area contributed by atoms with Crippen molar-refractivity contribution in [2.75, 3.05) is 7.11 Å². The van der Waals surface area contributed by atoms with Gasteiger partial charge in [-0.2, -0.15) is 0 Å². The molecule has 0 aliphatic heterocycles. The summed E-state index contributed by atoms with van der Waals surface area (Å²) >= 11 is 0. The smallest absolute Gasteiger partial charge is 0.247 e. The van der Waals surface area contributed by atoms with Crippen molar-refractivity contribution in [2.24, 2.45) is 0 Å². The maximum atomic E-state index is 10.2. The van der Waals surface area contributed by atoms with Crippen molar-refractivity contribution in [3.63, 3.8) is 0 Å². The molecule has 1 aromatic heterocycles. The second kappa shape index (κ2) is 10.1. The molecule has 2 fully saturated rings. The molecule has 6 heteroatoms. The van der Waals surface area contributed by atoms with Crippen LogP contribution in [0, 0.1) is 18.8 Å². The van der Waals surface area contributed by atoms with Crippen LogP contribution in [0.15, 0.2) is 46.9 Å². The SMILES string of the molecule is COc1ccc([C@]2(C#Cc3cccc(-c4nnc(C)o4)c3)CC[C@@H](O)CC2)cc1OC1CCCC1. The fraction of sp³-hybridized carbons (Fsp3) is 0.448. The molecule has 2 saturated carbocycles. The number of ether oxygens (including phenoxy) is 2. The van der Waals surface area contributed by atoms with Gasteiger partial charge in [0.25, 0.3) is 0 Å². The lowest BCUT2D eigenvalue weighted by Gasteiger charge is -2.35. The summed E-state index contributed by atoms with van der Waals surface area (Å²) in [5.41, 5.74) is 2.49. The highest BCUT2D eigenvalue weighted by atomic mass is 16.5. The quantitative estimate of drug-likeness (QED) is 0.487. The largest absolute Gasteiger partial charge is 0.493 e. The summed E-state index contributed by atoms with van der Waals surface area (Å²) in [5, 5.41) is 18.3. The zero-order valence-electron chi connectivity index (χ0n) is 20.4. The first kappa shape index (κ1) is 23.4. The summed E-state index contributed by atoms with van der Waals surface area (Å²) in [6.45, 7) is 1.78. The van der Waals surface area contributed by atoms with Crippen LogP contribution in [0.2, 0.25) is 0 Å². The van der Waals surface area contributed by atoms with Gasteiger partial charge < -0.3 is 19.0 Å². The van der Waals surface area contributed by atoms with Crippen LogP contribution in [0.5, 0.6) is 11.5 Å². The zero-order chi connectivity index (χ0) is 24.3. The highest BCUT2D eigenvalue weighted by molar-refractivity contribution is 5.57. The van der Waals surface area contributed by atoms with Gasteiger partial charge in [-0.25, -0.2) is 0 Å². The van der Waals surface area contributed by atoms with Crippen LogP contribution < -0.4 is 9.47 Å². The number of aryl methyl sites for hydroxylation is 1. The summed E-state index contributed by atoms with van der Waals surface area (Å²) in [6, 6.07) is 14.1. The normalized spacial score (nSPS) is 22.4. The third-order valence-corrected chi connectivity index (χ3v) is 7.20. The van der Waals surface area contributed by atoms with Crippen molar-refractivity contribution in [1.82, 2.24) is 10.2 Å². The molecular formula is C29H32N2O4. The fourth-order valence-corrected chi connectivity index (χ4v) is 5.17. The van der Waals surface area contributed by atoms with Crippen molar-refractivity contribution < 1.29 is 19.0 Å². The van der Waals surface area contributed by atoms with E-state index in [-0.39, 0.29) is 17.6 Å². The molecular weight excluding hydrogens is 440 g/mol. The van der Waals surface area contributed by atoms with E-state index in [1.165, 1.54) is 12.8 Å². The number of hydrogen-bond donors (Lipinski definition) is 1. The lowest BCUT2D eigenvalue weighted by atomic mass is 9.69. The van der Waals surface area contributed by atoms with E-state index in [1.54, 1.807) is 14.0 Å². The lowest BCUT2D eigenvalue weighted by Crippen LogP contribution is -2.32. The van der Waals surface area contributed by atoms with Gasteiger partial charge in [0.1, 0.15) is 0 Å². The summed E-state index contributed by atoms with van der Waals surface area (Å²) in [6.07, 6.45) is 7.58. The number of rotatable bonds is 5. The molecule has 2 aliphatic rings. The third kappa shape index (κ3) is 5.21. The van der Waals surface area contributed by atoms with Gasteiger partial charge in [-0.05, 0) is 87.3 Å². The van der Waals surface area contributed by atoms with Crippen LogP contribution in [-0.4, -0.2) is 34.6 Å². The summed E-state index contributed by atoms with van der Waals surface area (Å²) < 4.78 is 17.6. The molecule has 5 rings (SSSR count). The Morgan fingerprint density at radius 2 is 1.80 bits per heavy atom. The number of benzene rings is 2. The van der Waals surface area contributed by atoms with E-state index in [1.807, 2.05) is 30.3 Å². The van der Waals surface area contributed by atoms with Crippen LogP contribution in [-0.2, 0) is 5.41 Å². The molecule has 2 aliphatic carbocycles.